The molecule has 0 aliphatic carbocycles. The fourth-order valence-electron chi connectivity index (χ4n) is 3.35. The van der Waals surface area contributed by atoms with Crippen LogP contribution in [0.25, 0.3) is 0 Å². The highest BCUT2D eigenvalue weighted by atomic mass is 32.2. The zero-order valence-electron chi connectivity index (χ0n) is 19.8. The molecule has 0 saturated carbocycles. The molecule has 0 saturated heterocycles. The van der Waals surface area contributed by atoms with Gasteiger partial charge < -0.3 is 10.1 Å². The Balaban J connectivity index is 1.91. The Morgan fingerprint density at radius 2 is 1.57 bits per heavy atom. The first-order valence-corrected chi connectivity index (χ1v) is 13.8. The number of amides is 1. The summed E-state index contributed by atoms with van der Waals surface area (Å²) < 4.78 is 58.1. The summed E-state index contributed by atoms with van der Waals surface area (Å²) in [5.41, 5.74) is 1.64. The van der Waals surface area contributed by atoms with Gasteiger partial charge in [-0.1, -0.05) is 24.3 Å². The van der Waals surface area contributed by atoms with Gasteiger partial charge in [-0.25, -0.2) is 16.8 Å². The minimum absolute atomic E-state index is 0.0178. The number of carbonyl (C=O) groups excluding carboxylic acids is 1. The molecule has 0 fully saturated rings. The molecule has 3 aromatic carbocycles. The molecule has 0 aliphatic rings. The van der Waals surface area contributed by atoms with Crippen LogP contribution in [0.1, 0.15) is 5.56 Å². The minimum Gasteiger partial charge on any atom is -0.496 e. The molecule has 3 aromatic rings. The number of ether oxygens (including phenoxy) is 1. The van der Waals surface area contributed by atoms with Crippen LogP contribution in [0.3, 0.4) is 0 Å². The Morgan fingerprint density at radius 1 is 0.914 bits per heavy atom. The zero-order valence-corrected chi connectivity index (χ0v) is 21.4. The van der Waals surface area contributed by atoms with Crippen molar-refractivity contribution in [1.29, 1.82) is 0 Å². The van der Waals surface area contributed by atoms with Gasteiger partial charge in [0.1, 0.15) is 12.3 Å². The maximum absolute atomic E-state index is 13.6. The van der Waals surface area contributed by atoms with Crippen molar-refractivity contribution >= 4 is 43.0 Å². The molecule has 0 aromatic heterocycles. The van der Waals surface area contributed by atoms with E-state index in [-0.39, 0.29) is 4.90 Å². The number of sulfonamides is 2. The van der Waals surface area contributed by atoms with Crippen LogP contribution in [-0.4, -0.2) is 49.7 Å². The summed E-state index contributed by atoms with van der Waals surface area (Å²) in [6.07, 6.45) is 1.07. The number of aryl methyl sites for hydroxylation is 1. The Labute approximate surface area is 206 Å². The van der Waals surface area contributed by atoms with E-state index in [0.29, 0.717) is 28.4 Å². The SMILES string of the molecule is COc1ccc(S(=O)(=O)N(CC(=O)Nc2cccc(N(C)S(C)(=O)=O)c2)c2ccccc2)cc1C. The second-order valence-electron chi connectivity index (χ2n) is 7.81. The van der Waals surface area contributed by atoms with E-state index in [0.717, 1.165) is 14.9 Å². The van der Waals surface area contributed by atoms with Crippen molar-refractivity contribution in [3.8, 4) is 5.75 Å². The maximum Gasteiger partial charge on any atom is 0.264 e. The number of nitrogens with zero attached hydrogens (tertiary/aromatic N) is 2. The monoisotopic (exact) mass is 517 g/mol. The number of methoxy groups -OCH3 is 1. The number of hydrogen-bond donors (Lipinski definition) is 1. The molecular weight excluding hydrogens is 490 g/mol. The van der Waals surface area contributed by atoms with Gasteiger partial charge in [0.05, 0.1) is 29.6 Å². The van der Waals surface area contributed by atoms with Gasteiger partial charge in [-0.2, -0.15) is 0 Å². The van der Waals surface area contributed by atoms with Crippen LogP contribution in [0.15, 0.2) is 77.7 Å². The van der Waals surface area contributed by atoms with Gasteiger partial charge >= 0.3 is 0 Å². The van der Waals surface area contributed by atoms with Gasteiger partial charge in [0.2, 0.25) is 15.9 Å². The third kappa shape index (κ3) is 6.11. The predicted octanol–water partition coefficient (Wildman–Crippen LogP) is 3.23. The van der Waals surface area contributed by atoms with Crippen molar-refractivity contribution < 1.29 is 26.4 Å². The molecule has 1 amide bonds. The van der Waals surface area contributed by atoms with Crippen LogP contribution in [0.4, 0.5) is 17.1 Å². The number of nitrogens with one attached hydrogen (secondary N) is 1. The molecule has 3 rings (SSSR count). The Morgan fingerprint density at radius 3 is 2.17 bits per heavy atom. The summed E-state index contributed by atoms with van der Waals surface area (Å²) in [7, 11) is -4.69. The molecule has 1 N–H and O–H groups in total. The van der Waals surface area contributed by atoms with Gasteiger partial charge in [-0.15, -0.1) is 0 Å². The second-order valence-corrected chi connectivity index (χ2v) is 11.7. The number of carbonyl (C=O) groups is 1. The van der Waals surface area contributed by atoms with Crippen LogP contribution >= 0.6 is 0 Å². The van der Waals surface area contributed by atoms with Gasteiger partial charge in [0.25, 0.3) is 10.0 Å². The zero-order chi connectivity index (χ0) is 25.8. The van der Waals surface area contributed by atoms with Gasteiger partial charge in [-0.05, 0) is 61.0 Å². The van der Waals surface area contributed by atoms with E-state index >= 15 is 0 Å². The molecule has 0 radical (unpaired) electrons. The average Bonchev–Trinajstić information content (AvgIpc) is 2.82. The van der Waals surface area contributed by atoms with Crippen molar-refractivity contribution in [3.63, 3.8) is 0 Å². The van der Waals surface area contributed by atoms with Crippen molar-refractivity contribution in [2.24, 2.45) is 0 Å². The lowest BCUT2D eigenvalue weighted by Crippen LogP contribution is -2.38. The summed E-state index contributed by atoms with van der Waals surface area (Å²) in [5, 5.41) is 2.66. The summed E-state index contributed by atoms with van der Waals surface area (Å²) in [6.45, 7) is 1.24. The molecular formula is C24H27N3O6S2. The smallest absolute Gasteiger partial charge is 0.264 e. The highest BCUT2D eigenvalue weighted by molar-refractivity contribution is 7.93. The van der Waals surface area contributed by atoms with Gasteiger partial charge in [0, 0.05) is 12.7 Å². The highest BCUT2D eigenvalue weighted by Gasteiger charge is 2.28. The Kier molecular flexibility index (Phi) is 7.71. The largest absolute Gasteiger partial charge is 0.496 e. The van der Waals surface area contributed by atoms with E-state index in [1.54, 1.807) is 61.5 Å². The molecule has 0 unspecified atom stereocenters. The lowest BCUT2D eigenvalue weighted by atomic mass is 10.2. The average molecular weight is 518 g/mol. The van der Waals surface area contributed by atoms with Gasteiger partial charge in [0.15, 0.2) is 0 Å². The first kappa shape index (κ1) is 26.0. The minimum atomic E-state index is -4.10. The van der Waals surface area contributed by atoms with E-state index in [4.69, 9.17) is 4.74 Å². The Bertz CT molecular complexity index is 1420. The number of hydrogen-bond acceptors (Lipinski definition) is 6. The third-order valence-electron chi connectivity index (χ3n) is 5.28. The summed E-state index contributed by atoms with van der Waals surface area (Å²) in [5.74, 6) is -0.0475. The fourth-order valence-corrected chi connectivity index (χ4v) is 5.35. The van der Waals surface area contributed by atoms with Crippen LogP contribution in [-0.2, 0) is 24.8 Å². The molecule has 0 bridgehead atoms. The predicted molar refractivity (Wildman–Crippen MR) is 137 cm³/mol. The molecule has 11 heteroatoms. The summed E-state index contributed by atoms with van der Waals surface area (Å²) in [4.78, 5) is 13.0. The molecule has 0 aliphatic heterocycles. The number of para-hydroxylation sites is 1. The van der Waals surface area contributed by atoms with E-state index in [1.807, 2.05) is 0 Å². The third-order valence-corrected chi connectivity index (χ3v) is 8.25. The van der Waals surface area contributed by atoms with E-state index in [1.165, 1.54) is 32.4 Å². The van der Waals surface area contributed by atoms with E-state index in [9.17, 15) is 21.6 Å². The number of anilines is 3. The normalized spacial score (nSPS) is 11.5. The standard InChI is InChI=1S/C24H27N3O6S2/c1-18-15-22(13-14-23(18)33-3)35(31,32)27(20-10-6-5-7-11-20)17-24(28)25-19-9-8-12-21(16-19)26(2)34(4,29)30/h5-16H,17H2,1-4H3,(H,25,28). The Hall–Kier alpha value is -3.57. The lowest BCUT2D eigenvalue weighted by molar-refractivity contribution is -0.114. The second kappa shape index (κ2) is 10.4. The first-order chi connectivity index (χ1) is 16.4. The summed E-state index contributed by atoms with van der Waals surface area (Å²) in [6, 6.07) is 19.1. The van der Waals surface area contributed by atoms with Crippen LogP contribution in [0.5, 0.6) is 5.75 Å². The van der Waals surface area contributed by atoms with Crippen molar-refractivity contribution in [1.82, 2.24) is 0 Å². The summed E-state index contributed by atoms with van der Waals surface area (Å²) >= 11 is 0. The van der Waals surface area contributed by atoms with Crippen LogP contribution in [0.2, 0.25) is 0 Å². The molecule has 0 spiro atoms. The topological polar surface area (TPSA) is 113 Å². The molecule has 0 atom stereocenters. The van der Waals surface area contributed by atoms with Crippen LogP contribution in [0, 0.1) is 6.92 Å². The highest BCUT2D eigenvalue weighted by Crippen LogP contribution is 2.27. The molecule has 0 heterocycles. The van der Waals surface area contributed by atoms with E-state index in [2.05, 4.69) is 5.32 Å². The number of benzene rings is 3. The van der Waals surface area contributed by atoms with Crippen molar-refractivity contribution in [3.05, 3.63) is 78.4 Å². The van der Waals surface area contributed by atoms with Gasteiger partial charge in [-0.3, -0.25) is 13.4 Å². The lowest BCUT2D eigenvalue weighted by Gasteiger charge is -2.24. The quantitative estimate of drug-likeness (QED) is 0.466. The molecule has 9 nitrogen and oxygen atoms in total. The fraction of sp³-hybridized carbons (Fsp3) is 0.208. The van der Waals surface area contributed by atoms with E-state index < -0.39 is 32.5 Å². The van der Waals surface area contributed by atoms with Crippen molar-refractivity contribution in [2.45, 2.75) is 11.8 Å². The first-order valence-electron chi connectivity index (χ1n) is 10.5. The molecule has 35 heavy (non-hydrogen) atoms. The number of rotatable bonds is 9. The van der Waals surface area contributed by atoms with Crippen molar-refractivity contribution in [2.75, 3.05) is 40.9 Å². The molecule has 186 valence electrons. The van der Waals surface area contributed by atoms with Crippen LogP contribution < -0.4 is 18.7 Å². The maximum atomic E-state index is 13.6.